The molecule has 6 unspecified atom stereocenters. The monoisotopic (exact) mass is 603 g/mol. The molecule has 42 heavy (non-hydrogen) atoms. The van der Waals surface area contributed by atoms with Crippen LogP contribution in [0.5, 0.6) is 0 Å². The number of pyridine rings is 1. The predicted octanol–water partition coefficient (Wildman–Crippen LogP) is 7.73. The molecule has 1 aliphatic heterocycles. The molecule has 1 aromatic heterocycles. The fourth-order valence-corrected chi connectivity index (χ4v) is 12.7. The van der Waals surface area contributed by atoms with Crippen LogP contribution in [0, 0.1) is 52.3 Å². The van der Waals surface area contributed by atoms with Crippen molar-refractivity contribution in [2.24, 2.45) is 52.3 Å². The third-order valence-electron chi connectivity index (χ3n) is 13.2. The molecule has 14 atom stereocenters. The van der Waals surface area contributed by atoms with E-state index >= 15 is 0 Å². The van der Waals surface area contributed by atoms with Crippen LogP contribution in [-0.2, 0) is 18.1 Å². The summed E-state index contributed by atoms with van der Waals surface area (Å²) in [6.07, 6.45) is 12.5. The first-order chi connectivity index (χ1) is 20.0. The fourth-order valence-electron chi connectivity index (χ4n) is 11.1. The molecule has 5 aliphatic rings. The molecule has 0 aromatic carbocycles. The minimum Gasteiger partial charge on any atom is -0.393 e. The lowest BCUT2D eigenvalue weighted by molar-refractivity contribution is -0.203. The average molecular weight is 604 g/mol. The predicted molar refractivity (Wildman–Crippen MR) is 162 cm³/mol. The van der Waals surface area contributed by atoms with Gasteiger partial charge in [-0.3, -0.25) is 18.6 Å². The molecule has 0 radical (unpaired) electrons. The van der Waals surface area contributed by atoms with E-state index in [9.17, 15) is 14.8 Å². The first-order valence-electron chi connectivity index (χ1n) is 16.9. The topological polar surface area (TPSA) is 98.1 Å². The van der Waals surface area contributed by atoms with Crippen LogP contribution in [0.3, 0.4) is 0 Å². The van der Waals surface area contributed by atoms with Gasteiger partial charge in [-0.25, -0.2) is 4.57 Å². The lowest BCUT2D eigenvalue weighted by Crippen LogP contribution is -2.62. The lowest BCUT2D eigenvalue weighted by atomic mass is 9.41. The Hall–Kier alpha value is -0.820. The van der Waals surface area contributed by atoms with Gasteiger partial charge >= 0.3 is 7.82 Å². The molecular weight excluding hydrogens is 549 g/mol. The standard InChI is InChI=1S/C34H54NO6P/c1-6-25-29-20-24(36)9-14-34(29,5)28-10-15-33(4)26(7-8-27(33)31(28)32(25)37)21(2)13-18-39-42(38)40-22(3)19-30(41-42)23-11-16-35-17-12-23/h11-12,16-17,21-22,24-32,36-37H,6-10,13-15,18-20H2,1-5H3/t21-,22?,24-,25-,26?,27?,28?,29?,30+,31?,32-,33-,34-,42+/m1/s1. The number of aromatic nitrogens is 1. The maximum Gasteiger partial charge on any atom is 0.475 e. The molecule has 6 rings (SSSR count). The Morgan fingerprint density at radius 3 is 2.48 bits per heavy atom. The minimum atomic E-state index is -3.66. The van der Waals surface area contributed by atoms with E-state index < -0.39 is 7.82 Å². The van der Waals surface area contributed by atoms with Gasteiger partial charge in [0.25, 0.3) is 0 Å². The number of aliphatic hydroxyl groups is 2. The molecule has 5 fully saturated rings. The number of hydrogen-bond acceptors (Lipinski definition) is 7. The van der Waals surface area contributed by atoms with E-state index in [-0.39, 0.29) is 41.2 Å². The van der Waals surface area contributed by atoms with Crippen LogP contribution in [0.4, 0.5) is 0 Å². The summed E-state index contributed by atoms with van der Waals surface area (Å²) in [5.74, 6) is 3.10. The summed E-state index contributed by atoms with van der Waals surface area (Å²) in [5, 5.41) is 22.5. The number of fused-ring (bicyclic) bond motifs is 5. The molecule has 4 aliphatic carbocycles. The summed E-state index contributed by atoms with van der Waals surface area (Å²) in [6.45, 7) is 11.9. The van der Waals surface area contributed by atoms with Crippen LogP contribution in [0.2, 0.25) is 0 Å². The summed E-state index contributed by atoms with van der Waals surface area (Å²) >= 11 is 0. The molecule has 1 saturated heterocycles. The third-order valence-corrected chi connectivity index (χ3v) is 14.8. The van der Waals surface area contributed by atoms with Gasteiger partial charge in [-0.1, -0.05) is 34.1 Å². The van der Waals surface area contributed by atoms with Gasteiger partial charge in [-0.05, 0) is 128 Å². The van der Waals surface area contributed by atoms with Crippen LogP contribution in [0.15, 0.2) is 24.5 Å². The van der Waals surface area contributed by atoms with E-state index in [2.05, 4.69) is 32.7 Å². The van der Waals surface area contributed by atoms with Crippen molar-refractivity contribution in [3.63, 3.8) is 0 Å². The van der Waals surface area contributed by atoms with Crippen LogP contribution < -0.4 is 0 Å². The number of phosphoric ester groups is 1. The molecule has 4 saturated carbocycles. The first-order valence-corrected chi connectivity index (χ1v) is 18.3. The zero-order valence-corrected chi connectivity index (χ0v) is 27.3. The minimum absolute atomic E-state index is 0.195. The Bertz CT molecular complexity index is 1140. The zero-order chi connectivity index (χ0) is 29.9. The van der Waals surface area contributed by atoms with Crippen molar-refractivity contribution < 1.29 is 28.3 Å². The second-order valence-electron chi connectivity index (χ2n) is 15.2. The van der Waals surface area contributed by atoms with Crippen molar-refractivity contribution in [2.45, 2.75) is 123 Å². The Morgan fingerprint density at radius 2 is 1.74 bits per heavy atom. The normalized spacial score (nSPS) is 49.5. The maximum atomic E-state index is 13.5. The number of phosphoric acid groups is 1. The smallest absolute Gasteiger partial charge is 0.393 e. The molecule has 236 valence electrons. The number of hydrogen-bond donors (Lipinski definition) is 2. The molecule has 8 heteroatoms. The van der Waals surface area contributed by atoms with Crippen LogP contribution in [0.1, 0.15) is 110 Å². The highest BCUT2D eigenvalue weighted by atomic mass is 31.2. The van der Waals surface area contributed by atoms with Crippen molar-refractivity contribution in [1.82, 2.24) is 4.98 Å². The van der Waals surface area contributed by atoms with E-state index in [4.69, 9.17) is 13.6 Å². The Kier molecular flexibility index (Phi) is 8.79. The highest BCUT2D eigenvalue weighted by Crippen LogP contribution is 2.69. The average Bonchev–Trinajstić information content (AvgIpc) is 3.31. The van der Waals surface area contributed by atoms with Crippen molar-refractivity contribution >= 4 is 7.82 Å². The summed E-state index contributed by atoms with van der Waals surface area (Å²) in [6, 6.07) is 3.79. The first kappa shape index (κ1) is 31.2. The fraction of sp³-hybridized carbons (Fsp3) is 0.853. The van der Waals surface area contributed by atoms with Crippen LogP contribution >= 0.6 is 7.82 Å². The molecule has 0 spiro atoms. The van der Waals surface area contributed by atoms with Crippen LogP contribution in [0.25, 0.3) is 0 Å². The molecule has 0 bridgehead atoms. The maximum absolute atomic E-state index is 13.5. The molecule has 7 nitrogen and oxygen atoms in total. The van der Waals surface area contributed by atoms with Gasteiger partial charge < -0.3 is 10.2 Å². The molecule has 2 heterocycles. The quantitative estimate of drug-likeness (QED) is 0.308. The Balaban J connectivity index is 1.12. The van der Waals surface area contributed by atoms with E-state index in [1.165, 1.54) is 25.7 Å². The van der Waals surface area contributed by atoms with E-state index in [1.54, 1.807) is 12.4 Å². The molecule has 0 amide bonds. The number of nitrogens with zero attached hydrogens (tertiary/aromatic N) is 1. The van der Waals surface area contributed by atoms with Gasteiger partial charge in [-0.2, -0.15) is 0 Å². The largest absolute Gasteiger partial charge is 0.475 e. The zero-order valence-electron chi connectivity index (χ0n) is 26.4. The summed E-state index contributed by atoms with van der Waals surface area (Å²) in [7, 11) is -3.66. The Morgan fingerprint density at radius 1 is 1.02 bits per heavy atom. The number of aliphatic hydroxyl groups excluding tert-OH is 2. The van der Waals surface area contributed by atoms with E-state index in [0.717, 1.165) is 37.7 Å². The lowest BCUT2D eigenvalue weighted by Gasteiger charge is -2.64. The summed E-state index contributed by atoms with van der Waals surface area (Å²) in [4.78, 5) is 4.08. The van der Waals surface area contributed by atoms with Crippen LogP contribution in [-0.4, -0.2) is 40.1 Å². The van der Waals surface area contributed by atoms with E-state index in [0.29, 0.717) is 48.5 Å². The number of rotatable bonds is 7. The van der Waals surface area contributed by atoms with Gasteiger partial charge in [0.05, 0.1) is 31.0 Å². The molecule has 2 N–H and O–H groups in total. The van der Waals surface area contributed by atoms with Gasteiger partial charge in [-0.15, -0.1) is 0 Å². The Labute approximate surface area is 253 Å². The van der Waals surface area contributed by atoms with E-state index in [1.807, 2.05) is 19.1 Å². The highest BCUT2D eigenvalue weighted by Gasteiger charge is 2.64. The molecule has 1 aromatic rings. The summed E-state index contributed by atoms with van der Waals surface area (Å²) in [5.41, 5.74) is 1.36. The SMILES string of the molecule is CC[C@@H]1C2C[C@H](O)CC[C@]2(C)C2CC[C@@]3(C)C(CCC3[C@H](C)CCO[P@@]3(=O)OC(C)C[C@@H](c4ccncc4)O3)C2[C@@H]1O. The van der Waals surface area contributed by atoms with Crippen molar-refractivity contribution in [3.05, 3.63) is 30.1 Å². The second kappa shape index (κ2) is 11.8. The second-order valence-corrected chi connectivity index (χ2v) is 16.8. The van der Waals surface area contributed by atoms with Gasteiger partial charge in [0, 0.05) is 18.8 Å². The van der Waals surface area contributed by atoms with Gasteiger partial charge in [0.2, 0.25) is 0 Å². The van der Waals surface area contributed by atoms with Gasteiger partial charge in [0.15, 0.2) is 0 Å². The molecular formula is C34H54NO6P. The van der Waals surface area contributed by atoms with Crippen molar-refractivity contribution in [1.29, 1.82) is 0 Å². The van der Waals surface area contributed by atoms with Crippen molar-refractivity contribution in [2.75, 3.05) is 6.61 Å². The third kappa shape index (κ3) is 5.36. The van der Waals surface area contributed by atoms with Crippen molar-refractivity contribution in [3.8, 4) is 0 Å². The highest BCUT2D eigenvalue weighted by molar-refractivity contribution is 7.48. The summed E-state index contributed by atoms with van der Waals surface area (Å²) < 4.78 is 31.1. The van der Waals surface area contributed by atoms with Gasteiger partial charge in [0.1, 0.15) is 0 Å².